The third-order valence-electron chi connectivity index (χ3n) is 1.78. The normalized spacial score (nSPS) is 10.0. The molecule has 0 saturated carbocycles. The number of aromatic nitrogens is 1. The zero-order valence-corrected chi connectivity index (χ0v) is 8.41. The average Bonchev–Trinajstić information content (AvgIpc) is 2.24. The van der Waals surface area contributed by atoms with Crippen molar-refractivity contribution in [2.24, 2.45) is 0 Å². The monoisotopic (exact) mass is 223 g/mol. The first kappa shape index (κ1) is 9.93. The van der Waals surface area contributed by atoms with Crippen LogP contribution in [0.4, 0.5) is 4.39 Å². The van der Waals surface area contributed by atoms with Gasteiger partial charge in [-0.15, -0.1) is 0 Å². The minimum atomic E-state index is -0.433. The number of benzene rings is 1. The zero-order chi connectivity index (χ0) is 10.7. The van der Waals surface area contributed by atoms with Gasteiger partial charge in [0.15, 0.2) is 22.5 Å². The van der Waals surface area contributed by atoms with E-state index >= 15 is 0 Å². The van der Waals surface area contributed by atoms with Gasteiger partial charge in [0.05, 0.1) is 0 Å². The fourth-order valence-corrected chi connectivity index (χ4v) is 1.25. The van der Waals surface area contributed by atoms with E-state index in [9.17, 15) is 4.39 Å². The lowest BCUT2D eigenvalue weighted by Gasteiger charge is -2.06. The van der Waals surface area contributed by atoms with E-state index < -0.39 is 5.82 Å². The van der Waals surface area contributed by atoms with Crippen molar-refractivity contribution in [2.75, 3.05) is 0 Å². The molecule has 0 spiro atoms. The van der Waals surface area contributed by atoms with Crippen molar-refractivity contribution in [3.63, 3.8) is 0 Å². The summed E-state index contributed by atoms with van der Waals surface area (Å²) < 4.78 is 18.5. The van der Waals surface area contributed by atoms with Crippen molar-refractivity contribution in [1.29, 1.82) is 0 Å². The molecule has 0 radical (unpaired) electrons. The molecule has 15 heavy (non-hydrogen) atoms. The van der Waals surface area contributed by atoms with Gasteiger partial charge in [-0.25, -0.2) is 9.37 Å². The van der Waals surface area contributed by atoms with E-state index in [-0.39, 0.29) is 10.9 Å². The number of rotatable bonds is 2. The minimum Gasteiger partial charge on any atom is -0.451 e. The van der Waals surface area contributed by atoms with Gasteiger partial charge < -0.3 is 4.74 Å². The number of pyridine rings is 1. The highest BCUT2D eigenvalue weighted by atomic mass is 35.5. The topological polar surface area (TPSA) is 22.1 Å². The lowest BCUT2D eigenvalue weighted by Crippen LogP contribution is -1.89. The second kappa shape index (κ2) is 4.28. The standard InChI is InChI=1S/C11H7ClFNO/c12-11-10(6-3-7-14-11)15-9-5-2-1-4-8(9)13/h1-7H. The fourth-order valence-electron chi connectivity index (χ4n) is 1.09. The Labute approximate surface area is 91.3 Å². The van der Waals surface area contributed by atoms with Crippen LogP contribution in [0.1, 0.15) is 0 Å². The number of ether oxygens (including phenoxy) is 1. The van der Waals surface area contributed by atoms with Crippen LogP contribution < -0.4 is 4.74 Å². The summed E-state index contributed by atoms with van der Waals surface area (Å²) in [5.74, 6) is 0.0362. The first-order chi connectivity index (χ1) is 7.27. The van der Waals surface area contributed by atoms with Gasteiger partial charge in [0.25, 0.3) is 0 Å². The molecule has 2 nitrogen and oxygen atoms in total. The van der Waals surface area contributed by atoms with Crippen LogP contribution in [0.3, 0.4) is 0 Å². The van der Waals surface area contributed by atoms with E-state index in [0.29, 0.717) is 5.75 Å². The molecule has 0 amide bonds. The first-order valence-corrected chi connectivity index (χ1v) is 4.68. The van der Waals surface area contributed by atoms with Gasteiger partial charge in [0.2, 0.25) is 0 Å². The van der Waals surface area contributed by atoms with Gasteiger partial charge in [-0.3, -0.25) is 0 Å². The highest BCUT2D eigenvalue weighted by Gasteiger charge is 2.06. The van der Waals surface area contributed by atoms with E-state index in [4.69, 9.17) is 16.3 Å². The Bertz CT molecular complexity index is 432. The van der Waals surface area contributed by atoms with Gasteiger partial charge in [-0.1, -0.05) is 23.7 Å². The third kappa shape index (κ3) is 2.25. The summed E-state index contributed by atoms with van der Waals surface area (Å²) >= 11 is 5.77. The first-order valence-electron chi connectivity index (χ1n) is 4.30. The summed E-state index contributed by atoms with van der Waals surface area (Å²) in [6.45, 7) is 0. The van der Waals surface area contributed by atoms with Crippen LogP contribution in [-0.2, 0) is 0 Å². The minimum absolute atomic E-state index is 0.132. The molecule has 1 aromatic heterocycles. The van der Waals surface area contributed by atoms with Crippen LogP contribution in [-0.4, -0.2) is 4.98 Å². The summed E-state index contributed by atoms with van der Waals surface area (Å²) in [4.78, 5) is 3.82. The maximum atomic E-state index is 13.2. The van der Waals surface area contributed by atoms with E-state index in [1.165, 1.54) is 18.3 Å². The molecule has 0 atom stereocenters. The molecule has 0 aliphatic heterocycles. The molecule has 0 saturated heterocycles. The second-order valence-electron chi connectivity index (χ2n) is 2.82. The van der Waals surface area contributed by atoms with Gasteiger partial charge >= 0.3 is 0 Å². The van der Waals surface area contributed by atoms with Gasteiger partial charge in [0.1, 0.15) is 0 Å². The van der Waals surface area contributed by atoms with Gasteiger partial charge in [-0.2, -0.15) is 0 Å². The van der Waals surface area contributed by atoms with Crippen LogP contribution >= 0.6 is 11.6 Å². The molecule has 0 unspecified atom stereocenters. The summed E-state index contributed by atoms with van der Waals surface area (Å²) in [6.07, 6.45) is 1.54. The molecular weight excluding hydrogens is 217 g/mol. The molecular formula is C11H7ClFNO. The largest absolute Gasteiger partial charge is 0.451 e. The van der Waals surface area contributed by atoms with Crippen LogP contribution in [0.15, 0.2) is 42.6 Å². The third-order valence-corrected chi connectivity index (χ3v) is 2.07. The number of halogens is 2. The van der Waals surface area contributed by atoms with Crippen molar-refractivity contribution >= 4 is 11.6 Å². The molecule has 0 bridgehead atoms. The molecule has 0 fully saturated rings. The molecule has 0 aliphatic carbocycles. The Kier molecular flexibility index (Phi) is 2.83. The average molecular weight is 224 g/mol. The number of hydrogen-bond acceptors (Lipinski definition) is 2. The summed E-state index contributed by atoms with van der Waals surface area (Å²) in [7, 11) is 0. The Morgan fingerprint density at radius 1 is 1.07 bits per heavy atom. The maximum Gasteiger partial charge on any atom is 0.171 e. The fraction of sp³-hybridized carbons (Fsp3) is 0. The lowest BCUT2D eigenvalue weighted by atomic mass is 10.3. The van der Waals surface area contributed by atoms with Crippen LogP contribution in [0, 0.1) is 5.82 Å². The number of hydrogen-bond donors (Lipinski definition) is 0. The zero-order valence-electron chi connectivity index (χ0n) is 7.65. The van der Waals surface area contributed by atoms with E-state index in [1.54, 1.807) is 24.3 Å². The molecule has 1 aromatic carbocycles. The predicted molar refractivity (Wildman–Crippen MR) is 55.7 cm³/mol. The smallest absolute Gasteiger partial charge is 0.171 e. The molecule has 2 rings (SSSR count). The highest BCUT2D eigenvalue weighted by Crippen LogP contribution is 2.28. The van der Waals surface area contributed by atoms with E-state index in [2.05, 4.69) is 4.98 Å². The molecule has 4 heteroatoms. The van der Waals surface area contributed by atoms with E-state index in [1.807, 2.05) is 0 Å². The van der Waals surface area contributed by atoms with Crippen LogP contribution in [0.5, 0.6) is 11.5 Å². The molecule has 2 aromatic rings. The summed E-state index contributed by atoms with van der Waals surface area (Å²) in [5, 5.41) is 0.209. The SMILES string of the molecule is Fc1ccccc1Oc1cccnc1Cl. The molecule has 1 heterocycles. The Morgan fingerprint density at radius 2 is 1.80 bits per heavy atom. The number of para-hydroxylation sites is 1. The second-order valence-corrected chi connectivity index (χ2v) is 3.18. The van der Waals surface area contributed by atoms with Crippen molar-refractivity contribution in [3.05, 3.63) is 53.6 Å². The quantitative estimate of drug-likeness (QED) is 0.725. The molecule has 0 aliphatic rings. The Hall–Kier alpha value is -1.61. The van der Waals surface area contributed by atoms with Crippen LogP contribution in [0.25, 0.3) is 0 Å². The van der Waals surface area contributed by atoms with Gasteiger partial charge in [-0.05, 0) is 24.3 Å². The van der Waals surface area contributed by atoms with Crippen molar-refractivity contribution in [3.8, 4) is 11.5 Å². The van der Waals surface area contributed by atoms with E-state index in [0.717, 1.165) is 0 Å². The number of nitrogens with zero attached hydrogens (tertiary/aromatic N) is 1. The summed E-state index contributed by atoms with van der Waals surface area (Å²) in [6, 6.07) is 9.41. The lowest BCUT2D eigenvalue weighted by molar-refractivity contribution is 0.441. The molecule has 76 valence electrons. The highest BCUT2D eigenvalue weighted by molar-refractivity contribution is 6.30. The Balaban J connectivity index is 2.30. The van der Waals surface area contributed by atoms with Crippen LogP contribution in [0.2, 0.25) is 5.15 Å². The van der Waals surface area contributed by atoms with Crippen molar-refractivity contribution < 1.29 is 9.13 Å². The predicted octanol–water partition coefficient (Wildman–Crippen LogP) is 3.67. The maximum absolute atomic E-state index is 13.2. The summed E-state index contributed by atoms with van der Waals surface area (Å²) in [5.41, 5.74) is 0. The molecule has 0 N–H and O–H groups in total. The Morgan fingerprint density at radius 3 is 2.53 bits per heavy atom. The van der Waals surface area contributed by atoms with Crippen molar-refractivity contribution in [2.45, 2.75) is 0 Å². The van der Waals surface area contributed by atoms with Gasteiger partial charge in [0, 0.05) is 6.20 Å². The van der Waals surface area contributed by atoms with Crippen molar-refractivity contribution in [1.82, 2.24) is 4.98 Å².